The van der Waals surface area contributed by atoms with Crippen molar-refractivity contribution >= 4 is 34.9 Å². The van der Waals surface area contributed by atoms with Crippen LogP contribution >= 0.6 is 12.6 Å². The minimum atomic E-state index is 0.807. The van der Waals surface area contributed by atoms with E-state index in [2.05, 4.69) is 22.9 Å². The molecule has 3 N–H and O–H groups in total. The third-order valence-electron chi connectivity index (χ3n) is 4.13. The van der Waals surface area contributed by atoms with Crippen LogP contribution in [0.4, 0.5) is 11.4 Å². The molecule has 5 heteroatoms. The molecule has 0 radical (unpaired) electrons. The van der Waals surface area contributed by atoms with Gasteiger partial charge in [0.05, 0.1) is 12.6 Å². The van der Waals surface area contributed by atoms with E-state index in [0.29, 0.717) is 0 Å². The van der Waals surface area contributed by atoms with Gasteiger partial charge in [-0.25, -0.2) is 0 Å². The van der Waals surface area contributed by atoms with Crippen LogP contribution in [0.1, 0.15) is 12.8 Å². The molecule has 1 fully saturated rings. The fraction of sp³-hybridized carbons (Fsp3) is 0.250. The van der Waals surface area contributed by atoms with Gasteiger partial charge < -0.3 is 15.8 Å². The number of benzene rings is 2. The molecule has 3 aromatic rings. The van der Waals surface area contributed by atoms with Crippen molar-refractivity contribution in [2.24, 2.45) is 11.7 Å². The van der Waals surface area contributed by atoms with Crippen molar-refractivity contribution in [3.63, 3.8) is 0 Å². The Hall–Kier alpha value is -2.24. The number of ether oxygens (including phenoxy) is 1. The summed E-state index contributed by atoms with van der Waals surface area (Å²) >= 11 is 4.29. The number of anilines is 2. The quantitative estimate of drug-likeness (QED) is 0.599. The molecule has 4 nitrogen and oxygen atoms in total. The highest BCUT2D eigenvalue weighted by Crippen LogP contribution is 2.28. The first-order valence-electron chi connectivity index (χ1n) is 8.38. The van der Waals surface area contributed by atoms with E-state index in [9.17, 15) is 0 Å². The Morgan fingerprint density at radius 2 is 1.92 bits per heavy atom. The Kier molecular flexibility index (Phi) is 5.79. The third kappa shape index (κ3) is 4.87. The number of methoxy groups -OCH3 is 1. The Balaban J connectivity index is 0.000000314. The molecule has 4 rings (SSSR count). The van der Waals surface area contributed by atoms with E-state index < -0.39 is 0 Å². The summed E-state index contributed by atoms with van der Waals surface area (Å²) in [5.74, 6) is 1.72. The molecule has 0 unspecified atom stereocenters. The minimum absolute atomic E-state index is 0.807. The average Bonchev–Trinajstić information content (AvgIpc) is 3.48. The van der Waals surface area contributed by atoms with Crippen molar-refractivity contribution in [3.8, 4) is 5.75 Å². The number of nitrogens with zero attached hydrogens (tertiary/aromatic N) is 1. The Labute approximate surface area is 153 Å². The number of hydrogen-bond acceptors (Lipinski definition) is 5. The van der Waals surface area contributed by atoms with Gasteiger partial charge in [-0.15, -0.1) is 12.6 Å². The van der Waals surface area contributed by atoms with Crippen molar-refractivity contribution in [1.29, 1.82) is 0 Å². The fourth-order valence-electron chi connectivity index (χ4n) is 2.42. The Morgan fingerprint density at radius 3 is 2.52 bits per heavy atom. The van der Waals surface area contributed by atoms with E-state index in [-0.39, 0.29) is 0 Å². The molecule has 0 saturated heterocycles. The predicted molar refractivity (Wildman–Crippen MR) is 107 cm³/mol. The molecule has 2 aromatic carbocycles. The molecule has 0 spiro atoms. The molecule has 25 heavy (non-hydrogen) atoms. The highest BCUT2D eigenvalue weighted by molar-refractivity contribution is 7.80. The summed E-state index contributed by atoms with van der Waals surface area (Å²) in [7, 11) is 1.66. The molecule has 130 valence electrons. The fourth-order valence-corrected chi connectivity index (χ4v) is 2.57. The molecule has 0 atom stereocenters. The zero-order chi connectivity index (χ0) is 17.6. The molecule has 1 aliphatic rings. The lowest BCUT2D eigenvalue weighted by Gasteiger charge is -2.10. The van der Waals surface area contributed by atoms with E-state index in [0.717, 1.165) is 45.4 Å². The van der Waals surface area contributed by atoms with Crippen LogP contribution in [0.25, 0.3) is 10.9 Å². The van der Waals surface area contributed by atoms with Gasteiger partial charge in [-0.3, -0.25) is 4.98 Å². The van der Waals surface area contributed by atoms with E-state index in [1.165, 1.54) is 12.8 Å². The van der Waals surface area contributed by atoms with Crippen LogP contribution in [0.5, 0.6) is 5.75 Å². The first-order chi connectivity index (χ1) is 12.2. The first-order valence-corrected chi connectivity index (χ1v) is 8.83. The highest BCUT2D eigenvalue weighted by atomic mass is 32.1. The SMILES string of the molecule is COc1ccc2c(Nc3ccc(S)cc3)ccnc2c1.NCC1CC1. The maximum absolute atomic E-state index is 5.23. The van der Waals surface area contributed by atoms with E-state index in [1.54, 1.807) is 13.3 Å². The second-order valence-electron chi connectivity index (χ2n) is 6.09. The van der Waals surface area contributed by atoms with E-state index in [4.69, 9.17) is 10.5 Å². The van der Waals surface area contributed by atoms with Crippen molar-refractivity contribution < 1.29 is 4.74 Å². The number of thiol groups is 1. The van der Waals surface area contributed by atoms with Crippen LogP contribution in [0.2, 0.25) is 0 Å². The highest BCUT2D eigenvalue weighted by Gasteiger charge is 2.17. The predicted octanol–water partition coefficient (Wildman–Crippen LogP) is 4.63. The topological polar surface area (TPSA) is 60.2 Å². The summed E-state index contributed by atoms with van der Waals surface area (Å²) < 4.78 is 5.22. The molecule has 1 aromatic heterocycles. The summed E-state index contributed by atoms with van der Waals surface area (Å²) in [6.45, 7) is 0.917. The number of aromatic nitrogens is 1. The summed E-state index contributed by atoms with van der Waals surface area (Å²) in [6, 6.07) is 15.7. The second-order valence-corrected chi connectivity index (χ2v) is 6.61. The van der Waals surface area contributed by atoms with Gasteiger partial charge in [0.2, 0.25) is 0 Å². The van der Waals surface area contributed by atoms with E-state index in [1.807, 2.05) is 48.5 Å². The van der Waals surface area contributed by atoms with Gasteiger partial charge in [-0.1, -0.05) is 0 Å². The van der Waals surface area contributed by atoms with Crippen LogP contribution in [0.3, 0.4) is 0 Å². The largest absolute Gasteiger partial charge is 0.497 e. The molecule has 1 heterocycles. The van der Waals surface area contributed by atoms with Crippen LogP contribution in [0.15, 0.2) is 59.6 Å². The Bertz CT molecular complexity index is 832. The normalized spacial score (nSPS) is 13.1. The number of fused-ring (bicyclic) bond motifs is 1. The number of rotatable bonds is 4. The lowest BCUT2D eigenvalue weighted by atomic mass is 10.1. The summed E-state index contributed by atoms with van der Waals surface area (Å²) in [4.78, 5) is 5.32. The zero-order valence-corrected chi connectivity index (χ0v) is 15.2. The lowest BCUT2D eigenvalue weighted by Crippen LogP contribution is -1.98. The van der Waals surface area contributed by atoms with E-state index >= 15 is 0 Å². The first kappa shape index (κ1) is 17.6. The molecule has 0 bridgehead atoms. The van der Waals surface area contributed by atoms with Gasteiger partial charge in [0.15, 0.2) is 0 Å². The lowest BCUT2D eigenvalue weighted by molar-refractivity contribution is 0.415. The molecule has 1 saturated carbocycles. The van der Waals surface area contributed by atoms with Crippen molar-refractivity contribution in [2.45, 2.75) is 17.7 Å². The van der Waals surface area contributed by atoms with Crippen LogP contribution in [0, 0.1) is 5.92 Å². The maximum atomic E-state index is 5.23. The second kappa shape index (κ2) is 8.23. The summed E-state index contributed by atoms with van der Waals surface area (Å²) in [6.07, 6.45) is 4.56. The number of pyridine rings is 1. The van der Waals surface area contributed by atoms with Crippen LogP contribution < -0.4 is 15.8 Å². The van der Waals surface area contributed by atoms with Gasteiger partial charge in [0, 0.05) is 33.9 Å². The van der Waals surface area contributed by atoms with Crippen molar-refractivity contribution in [2.75, 3.05) is 19.0 Å². The van der Waals surface area contributed by atoms with Crippen LogP contribution in [-0.4, -0.2) is 18.6 Å². The van der Waals surface area contributed by atoms with Gasteiger partial charge in [-0.05, 0) is 67.8 Å². The summed E-state index contributed by atoms with van der Waals surface area (Å²) in [5, 5.41) is 4.46. The van der Waals surface area contributed by atoms with Gasteiger partial charge >= 0.3 is 0 Å². The summed E-state index contributed by atoms with van der Waals surface area (Å²) in [5.41, 5.74) is 8.17. The van der Waals surface area contributed by atoms with Gasteiger partial charge in [-0.2, -0.15) is 0 Å². The third-order valence-corrected chi connectivity index (χ3v) is 4.42. The molecular weight excluding hydrogens is 330 g/mol. The van der Waals surface area contributed by atoms with Gasteiger partial charge in [0.1, 0.15) is 5.75 Å². The minimum Gasteiger partial charge on any atom is -0.497 e. The maximum Gasteiger partial charge on any atom is 0.121 e. The van der Waals surface area contributed by atoms with Crippen molar-refractivity contribution in [3.05, 3.63) is 54.7 Å². The monoisotopic (exact) mass is 353 g/mol. The molecule has 0 aliphatic heterocycles. The standard InChI is InChI=1S/C16H14N2OS.C4H9N/c1-19-12-4-7-14-15(8-9-17-16(14)10-12)18-11-2-5-13(20)6-3-11;5-3-4-1-2-4/h2-10,20H,1H3,(H,17,18);4H,1-3,5H2. The molecule has 0 amide bonds. The molecule has 1 aliphatic carbocycles. The number of hydrogen-bond donors (Lipinski definition) is 3. The van der Waals surface area contributed by atoms with Crippen LogP contribution in [-0.2, 0) is 0 Å². The number of nitrogens with one attached hydrogen (secondary N) is 1. The molecular formula is C20H23N3OS. The Morgan fingerprint density at radius 1 is 1.16 bits per heavy atom. The van der Waals surface area contributed by atoms with Gasteiger partial charge in [0.25, 0.3) is 0 Å². The zero-order valence-electron chi connectivity index (χ0n) is 14.3. The van der Waals surface area contributed by atoms with Crippen molar-refractivity contribution in [1.82, 2.24) is 4.98 Å². The average molecular weight is 353 g/mol. The number of nitrogens with two attached hydrogens (primary N) is 1. The smallest absolute Gasteiger partial charge is 0.121 e.